The highest BCUT2D eigenvalue weighted by atomic mass is 16.3. The molecule has 0 bridgehead atoms. The van der Waals surface area contributed by atoms with Crippen LogP contribution in [0.5, 0.6) is 0 Å². The highest BCUT2D eigenvalue weighted by Crippen LogP contribution is 2.44. The average Bonchev–Trinajstić information content (AvgIpc) is 3.92. The summed E-state index contributed by atoms with van der Waals surface area (Å²) in [5.74, 6) is 1.35. The Morgan fingerprint density at radius 1 is 0.475 bits per heavy atom. The van der Waals surface area contributed by atoms with Gasteiger partial charge in [0.15, 0.2) is 0 Å². The van der Waals surface area contributed by atoms with E-state index in [1.54, 1.807) is 0 Å². The molecule has 4 heteroatoms. The van der Waals surface area contributed by atoms with Crippen molar-refractivity contribution in [2.75, 3.05) is 0 Å². The van der Waals surface area contributed by atoms with E-state index in [0.29, 0.717) is 0 Å². The van der Waals surface area contributed by atoms with Gasteiger partial charge in [0.05, 0.1) is 22.3 Å². The molecule has 0 unspecified atom stereocenters. The predicted molar refractivity (Wildman–Crippen MR) is 258 cm³/mol. The second-order valence-corrected chi connectivity index (χ2v) is 19.7. The first-order valence-electron chi connectivity index (χ1n) is 21.8. The van der Waals surface area contributed by atoms with E-state index in [0.717, 1.165) is 66.3 Å². The van der Waals surface area contributed by atoms with Crippen LogP contribution < -0.4 is 0 Å². The fourth-order valence-electron chi connectivity index (χ4n) is 9.13. The van der Waals surface area contributed by atoms with Crippen molar-refractivity contribution in [2.45, 2.75) is 91.9 Å². The van der Waals surface area contributed by atoms with Gasteiger partial charge in [-0.05, 0) is 116 Å². The second kappa shape index (κ2) is 14.1. The van der Waals surface area contributed by atoms with Crippen LogP contribution in [0.25, 0.3) is 94.2 Å². The van der Waals surface area contributed by atoms with Crippen LogP contribution >= 0.6 is 0 Å². The van der Waals surface area contributed by atoms with Gasteiger partial charge in [-0.2, -0.15) is 0 Å². The van der Waals surface area contributed by atoms with Crippen LogP contribution in [0.2, 0.25) is 0 Å². The molecule has 10 rings (SSSR count). The summed E-state index contributed by atoms with van der Waals surface area (Å²) in [5, 5.41) is 4.21. The number of hydrogen-bond donors (Lipinski definition) is 0. The molecule has 10 aromatic rings. The minimum absolute atomic E-state index is 0.0557. The van der Waals surface area contributed by atoms with Crippen molar-refractivity contribution in [2.24, 2.45) is 0 Å². The van der Waals surface area contributed by atoms with Crippen LogP contribution in [0, 0.1) is 0 Å². The first-order valence-corrected chi connectivity index (χ1v) is 21.8. The smallest absolute Gasteiger partial charge is 0.149 e. The topological polar surface area (TPSA) is 44.1 Å². The lowest BCUT2D eigenvalue weighted by Crippen LogP contribution is -2.16. The van der Waals surface area contributed by atoms with Crippen LogP contribution in [0.15, 0.2) is 142 Å². The maximum absolute atomic E-state index is 6.88. The predicted octanol–water partition coefficient (Wildman–Crippen LogP) is 16.7. The van der Waals surface area contributed by atoms with Gasteiger partial charge in [-0.15, -0.1) is 0 Å². The molecule has 7 aromatic carbocycles. The van der Waals surface area contributed by atoms with Crippen molar-refractivity contribution in [3.8, 4) is 39.3 Å². The molecule has 3 aromatic heterocycles. The Morgan fingerprint density at radius 2 is 1.02 bits per heavy atom. The Morgan fingerprint density at radius 3 is 1.64 bits per heavy atom. The molecule has 3 heterocycles. The molecule has 0 N–H and O–H groups in total. The van der Waals surface area contributed by atoms with Crippen molar-refractivity contribution in [1.29, 1.82) is 0 Å². The number of furan rings is 2. The summed E-state index contributed by atoms with van der Waals surface area (Å²) < 4.78 is 15.6. The van der Waals surface area contributed by atoms with E-state index in [9.17, 15) is 0 Å². The lowest BCUT2D eigenvalue weighted by molar-refractivity contribution is 0.569. The summed E-state index contributed by atoms with van der Waals surface area (Å²) in [6, 6.07) is 48.6. The van der Waals surface area contributed by atoms with Gasteiger partial charge in [0.1, 0.15) is 28.2 Å². The van der Waals surface area contributed by atoms with Crippen LogP contribution in [0.3, 0.4) is 0 Å². The molecule has 0 aliphatic rings. The molecule has 304 valence electrons. The Hall–Kier alpha value is -6.39. The maximum Gasteiger partial charge on any atom is 0.149 e. The van der Waals surface area contributed by atoms with Crippen LogP contribution in [-0.2, 0) is 10.8 Å². The number of hydrogen-bond acceptors (Lipinski definition) is 3. The Kier molecular flexibility index (Phi) is 8.96. The molecule has 0 spiro atoms. The largest absolute Gasteiger partial charge is 0.456 e. The first kappa shape index (κ1) is 38.8. The zero-order valence-corrected chi connectivity index (χ0v) is 37.1. The van der Waals surface area contributed by atoms with Crippen LogP contribution in [0.1, 0.15) is 103 Å². The quantitative estimate of drug-likeness (QED) is 0.168. The molecular weight excluding hydrogens is 745 g/mol. The van der Waals surface area contributed by atoms with Crippen molar-refractivity contribution in [3.63, 3.8) is 0 Å². The van der Waals surface area contributed by atoms with Gasteiger partial charge < -0.3 is 8.83 Å². The SMILES string of the molecule is CC(C)c1cc(-c2ccc(-c3cc(C(C)(C)C)cc(C(C)(C)C)c3)cc2)cc(C(C)C)c1-n1c(-c2cccc3c2oc2cc4c(cc23)oc2ccccc24)nc2ccccc21. The van der Waals surface area contributed by atoms with Crippen molar-refractivity contribution in [1.82, 2.24) is 9.55 Å². The number of aromatic nitrogens is 2. The van der Waals surface area contributed by atoms with E-state index in [2.05, 4.69) is 195 Å². The summed E-state index contributed by atoms with van der Waals surface area (Å²) in [6.07, 6.45) is 0. The number of imidazole rings is 1. The van der Waals surface area contributed by atoms with Crippen molar-refractivity contribution < 1.29 is 8.83 Å². The Balaban J connectivity index is 1.14. The van der Waals surface area contributed by atoms with E-state index in [4.69, 9.17) is 13.8 Å². The molecule has 0 saturated carbocycles. The third kappa shape index (κ3) is 6.55. The van der Waals surface area contributed by atoms with E-state index in [1.807, 2.05) is 12.1 Å². The number of para-hydroxylation sites is 4. The molecular formula is C57H54N2O2. The number of nitrogens with zero attached hydrogens (tertiary/aromatic N) is 2. The molecule has 0 atom stereocenters. The first-order chi connectivity index (χ1) is 29.1. The highest BCUT2D eigenvalue weighted by Gasteiger charge is 2.26. The van der Waals surface area contributed by atoms with Crippen molar-refractivity contribution in [3.05, 3.63) is 156 Å². The summed E-state index contributed by atoms with van der Waals surface area (Å²) in [6.45, 7) is 23.1. The molecule has 4 nitrogen and oxygen atoms in total. The molecule has 61 heavy (non-hydrogen) atoms. The van der Waals surface area contributed by atoms with E-state index >= 15 is 0 Å². The van der Waals surface area contributed by atoms with Gasteiger partial charge in [-0.3, -0.25) is 4.57 Å². The monoisotopic (exact) mass is 798 g/mol. The fraction of sp³-hybridized carbons (Fsp3) is 0.246. The lowest BCUT2D eigenvalue weighted by Gasteiger charge is -2.26. The zero-order valence-electron chi connectivity index (χ0n) is 37.1. The third-order valence-corrected chi connectivity index (χ3v) is 12.7. The second-order valence-electron chi connectivity index (χ2n) is 19.7. The zero-order chi connectivity index (χ0) is 42.5. The van der Waals surface area contributed by atoms with Gasteiger partial charge >= 0.3 is 0 Å². The minimum Gasteiger partial charge on any atom is -0.456 e. The average molecular weight is 799 g/mol. The highest BCUT2D eigenvalue weighted by molar-refractivity contribution is 6.16. The van der Waals surface area contributed by atoms with Gasteiger partial charge in [0.2, 0.25) is 0 Å². The molecule has 0 saturated heterocycles. The van der Waals surface area contributed by atoms with E-state index < -0.39 is 0 Å². The number of benzene rings is 7. The van der Waals surface area contributed by atoms with Crippen LogP contribution in [0.4, 0.5) is 0 Å². The Bertz CT molecular complexity index is 3260. The fourth-order valence-corrected chi connectivity index (χ4v) is 9.13. The standard InChI is InChI=1S/C57H54N2O2/c1-33(2)44-28-38(36-24-22-35(23-25-36)37-26-39(56(5,6)7)30-40(27-37)57(8,9)10)29-45(34(3)4)53(44)59-49-20-13-12-19-48(49)58-55(59)43-18-15-17-42-47-32-51-46(31-52(47)61-54(42)43)41-16-11-14-21-50(41)60-51/h11-34H,1-10H3. The van der Waals surface area contributed by atoms with Gasteiger partial charge in [-0.1, -0.05) is 154 Å². The van der Waals surface area contributed by atoms with Gasteiger partial charge in [-0.25, -0.2) is 4.98 Å². The summed E-state index contributed by atoms with van der Waals surface area (Å²) in [5.41, 5.74) is 17.9. The van der Waals surface area contributed by atoms with Gasteiger partial charge in [0.25, 0.3) is 0 Å². The lowest BCUT2D eigenvalue weighted by atomic mass is 9.79. The summed E-state index contributed by atoms with van der Waals surface area (Å²) in [4.78, 5) is 5.41. The Labute approximate surface area is 358 Å². The van der Waals surface area contributed by atoms with E-state index in [1.165, 1.54) is 50.2 Å². The van der Waals surface area contributed by atoms with Crippen LogP contribution in [-0.4, -0.2) is 9.55 Å². The van der Waals surface area contributed by atoms with Gasteiger partial charge in [0, 0.05) is 21.5 Å². The summed E-state index contributed by atoms with van der Waals surface area (Å²) in [7, 11) is 0. The molecule has 0 radical (unpaired) electrons. The maximum atomic E-state index is 6.88. The van der Waals surface area contributed by atoms with Crippen molar-refractivity contribution >= 4 is 54.9 Å². The normalized spacial score (nSPS) is 12.7. The number of fused-ring (bicyclic) bond motifs is 7. The number of rotatable bonds is 6. The van der Waals surface area contributed by atoms with E-state index in [-0.39, 0.29) is 22.7 Å². The minimum atomic E-state index is 0.0557. The third-order valence-electron chi connectivity index (χ3n) is 12.7. The molecule has 0 aliphatic heterocycles. The molecule has 0 fully saturated rings. The molecule has 0 amide bonds. The summed E-state index contributed by atoms with van der Waals surface area (Å²) >= 11 is 0. The molecule has 0 aliphatic carbocycles.